The highest BCUT2D eigenvalue weighted by Gasteiger charge is 2.64. The van der Waals surface area contributed by atoms with Crippen molar-refractivity contribution in [3.8, 4) is 11.3 Å². The molecule has 0 bridgehead atoms. The summed E-state index contributed by atoms with van der Waals surface area (Å²) in [5, 5.41) is 9.03. The molecule has 1 fully saturated rings. The lowest BCUT2D eigenvalue weighted by Crippen LogP contribution is -2.47. The van der Waals surface area contributed by atoms with E-state index in [1.165, 1.54) is 30.3 Å². The number of furan rings is 1. The second-order valence-electron chi connectivity index (χ2n) is 6.01. The van der Waals surface area contributed by atoms with Gasteiger partial charge in [0.15, 0.2) is 11.2 Å². The second kappa shape index (κ2) is 6.15. The topological polar surface area (TPSA) is 70.8 Å². The van der Waals surface area contributed by atoms with Crippen LogP contribution in [0.15, 0.2) is 40.8 Å². The molecule has 1 amide bonds. The Labute approximate surface area is 144 Å². The van der Waals surface area contributed by atoms with Crippen molar-refractivity contribution in [2.75, 3.05) is 13.1 Å². The molecule has 0 spiro atoms. The Hall–Kier alpha value is -2.84. The number of rotatable bonds is 3. The van der Waals surface area contributed by atoms with Crippen molar-refractivity contribution in [1.82, 2.24) is 4.90 Å². The van der Waals surface area contributed by atoms with Gasteiger partial charge in [-0.05, 0) is 30.7 Å². The van der Waals surface area contributed by atoms with Gasteiger partial charge in [0.2, 0.25) is 0 Å². The molecule has 1 aromatic heterocycles. The molecule has 1 aromatic carbocycles. The molecule has 2 aromatic rings. The Morgan fingerprint density at radius 3 is 2.42 bits per heavy atom. The molecular formula is C17H13F4NO4. The summed E-state index contributed by atoms with van der Waals surface area (Å²) in [6, 6.07) is 8.21. The van der Waals surface area contributed by atoms with Crippen LogP contribution < -0.4 is 0 Å². The summed E-state index contributed by atoms with van der Waals surface area (Å²) >= 11 is 0. The number of aliphatic carboxylic acids is 1. The summed E-state index contributed by atoms with van der Waals surface area (Å²) in [6.07, 6.45) is -5.73. The summed E-state index contributed by atoms with van der Waals surface area (Å²) in [5.74, 6) is -3.71. The summed E-state index contributed by atoms with van der Waals surface area (Å²) in [6.45, 7) is -1.37. The SMILES string of the molecule is O=C(c1ccc(-c2ccccc2F)o1)N1CCC(C(=O)O)(C(F)(F)F)C1. The molecule has 26 heavy (non-hydrogen) atoms. The van der Waals surface area contributed by atoms with E-state index in [2.05, 4.69) is 0 Å². The van der Waals surface area contributed by atoms with Gasteiger partial charge in [0.05, 0.1) is 5.56 Å². The lowest BCUT2D eigenvalue weighted by Gasteiger charge is -2.26. The molecule has 1 aliphatic heterocycles. The molecule has 2 heterocycles. The Balaban J connectivity index is 1.84. The van der Waals surface area contributed by atoms with Crippen LogP contribution in [0, 0.1) is 11.2 Å². The third-order valence-electron chi connectivity index (χ3n) is 4.46. The molecule has 0 aliphatic carbocycles. The van der Waals surface area contributed by atoms with Crippen molar-refractivity contribution in [1.29, 1.82) is 0 Å². The molecule has 5 nitrogen and oxygen atoms in total. The Kier molecular flexibility index (Phi) is 4.25. The van der Waals surface area contributed by atoms with E-state index >= 15 is 0 Å². The van der Waals surface area contributed by atoms with Gasteiger partial charge in [0.25, 0.3) is 5.91 Å². The molecule has 0 radical (unpaired) electrons. The molecule has 1 saturated heterocycles. The van der Waals surface area contributed by atoms with Crippen LogP contribution in [-0.2, 0) is 4.79 Å². The van der Waals surface area contributed by atoms with E-state index in [-0.39, 0.29) is 23.6 Å². The number of carboxylic acids is 1. The van der Waals surface area contributed by atoms with Gasteiger partial charge >= 0.3 is 12.1 Å². The maximum atomic E-state index is 13.8. The zero-order valence-electron chi connectivity index (χ0n) is 13.2. The average molecular weight is 371 g/mol. The number of benzene rings is 1. The van der Waals surface area contributed by atoms with Crippen LogP contribution in [-0.4, -0.2) is 41.1 Å². The minimum Gasteiger partial charge on any atom is -0.481 e. The second-order valence-corrected chi connectivity index (χ2v) is 6.01. The van der Waals surface area contributed by atoms with Crippen LogP contribution in [0.25, 0.3) is 11.3 Å². The number of carbonyl (C=O) groups is 2. The molecule has 138 valence electrons. The standard InChI is InChI=1S/C17H13F4NO4/c18-11-4-2-1-3-10(11)12-5-6-13(26-12)14(23)22-8-7-16(9-22,15(24)25)17(19,20)21/h1-6H,7-9H2,(H,24,25). The van der Waals surface area contributed by atoms with Crippen molar-refractivity contribution in [3.63, 3.8) is 0 Å². The van der Waals surface area contributed by atoms with Gasteiger partial charge in [0, 0.05) is 13.1 Å². The van der Waals surface area contributed by atoms with Gasteiger partial charge in [-0.25, -0.2) is 4.39 Å². The fraction of sp³-hybridized carbons (Fsp3) is 0.294. The predicted molar refractivity (Wildman–Crippen MR) is 80.7 cm³/mol. The molecule has 1 unspecified atom stereocenters. The van der Waals surface area contributed by atoms with E-state index in [1.807, 2.05) is 0 Å². The smallest absolute Gasteiger partial charge is 0.406 e. The number of carbonyl (C=O) groups excluding carboxylic acids is 1. The quantitative estimate of drug-likeness (QED) is 0.838. The highest BCUT2D eigenvalue weighted by molar-refractivity contribution is 5.93. The summed E-state index contributed by atoms with van der Waals surface area (Å²) in [7, 11) is 0. The van der Waals surface area contributed by atoms with Crippen molar-refractivity contribution < 1.29 is 36.7 Å². The first-order chi connectivity index (χ1) is 12.2. The number of carboxylic acid groups (broad SMARTS) is 1. The molecule has 1 N–H and O–H groups in total. The summed E-state index contributed by atoms with van der Waals surface area (Å²) in [4.78, 5) is 24.4. The Morgan fingerprint density at radius 2 is 1.85 bits per heavy atom. The maximum absolute atomic E-state index is 13.8. The number of hydrogen-bond acceptors (Lipinski definition) is 3. The summed E-state index contributed by atoms with van der Waals surface area (Å²) in [5.41, 5.74) is -2.90. The van der Waals surface area contributed by atoms with E-state index in [9.17, 15) is 27.2 Å². The first kappa shape index (κ1) is 18.0. The van der Waals surface area contributed by atoms with E-state index in [0.29, 0.717) is 0 Å². The van der Waals surface area contributed by atoms with Gasteiger partial charge in [-0.3, -0.25) is 9.59 Å². The number of amides is 1. The van der Waals surface area contributed by atoms with Gasteiger partial charge in [-0.15, -0.1) is 0 Å². The molecule has 1 atom stereocenters. The van der Waals surface area contributed by atoms with E-state index in [4.69, 9.17) is 9.52 Å². The number of alkyl halides is 3. The normalized spacial score (nSPS) is 20.4. The van der Waals surface area contributed by atoms with Crippen molar-refractivity contribution in [2.45, 2.75) is 12.6 Å². The van der Waals surface area contributed by atoms with Crippen molar-refractivity contribution >= 4 is 11.9 Å². The van der Waals surface area contributed by atoms with Crippen molar-refractivity contribution in [2.24, 2.45) is 5.41 Å². The lowest BCUT2D eigenvalue weighted by atomic mass is 9.86. The highest BCUT2D eigenvalue weighted by atomic mass is 19.4. The van der Waals surface area contributed by atoms with Crippen LogP contribution >= 0.6 is 0 Å². The number of nitrogens with zero attached hydrogens (tertiary/aromatic N) is 1. The van der Waals surface area contributed by atoms with E-state index in [0.717, 1.165) is 4.90 Å². The molecular weight excluding hydrogens is 358 g/mol. The predicted octanol–water partition coefficient (Wildman–Crippen LogP) is 3.56. The zero-order valence-corrected chi connectivity index (χ0v) is 13.2. The van der Waals surface area contributed by atoms with E-state index < -0.39 is 42.3 Å². The van der Waals surface area contributed by atoms with E-state index in [1.54, 1.807) is 6.07 Å². The first-order valence-corrected chi connectivity index (χ1v) is 7.60. The van der Waals surface area contributed by atoms with Crippen LogP contribution in [0.4, 0.5) is 17.6 Å². The average Bonchev–Trinajstić information content (AvgIpc) is 3.22. The first-order valence-electron chi connectivity index (χ1n) is 7.60. The zero-order chi connectivity index (χ0) is 19.1. The fourth-order valence-electron chi connectivity index (χ4n) is 2.92. The monoisotopic (exact) mass is 371 g/mol. The van der Waals surface area contributed by atoms with Crippen LogP contribution in [0.5, 0.6) is 0 Å². The molecule has 1 aliphatic rings. The van der Waals surface area contributed by atoms with Crippen molar-refractivity contribution in [3.05, 3.63) is 48.0 Å². The minimum absolute atomic E-state index is 0.0472. The van der Waals surface area contributed by atoms with Gasteiger partial charge in [-0.2, -0.15) is 13.2 Å². The number of hydrogen-bond donors (Lipinski definition) is 1. The highest BCUT2D eigenvalue weighted by Crippen LogP contribution is 2.46. The van der Waals surface area contributed by atoms with Gasteiger partial charge in [0.1, 0.15) is 11.6 Å². The van der Waals surface area contributed by atoms with Crippen LogP contribution in [0.3, 0.4) is 0 Å². The molecule has 3 rings (SSSR count). The largest absolute Gasteiger partial charge is 0.481 e. The van der Waals surface area contributed by atoms with Gasteiger partial charge < -0.3 is 14.4 Å². The summed E-state index contributed by atoms with van der Waals surface area (Å²) < 4.78 is 58.6. The number of halogens is 4. The Bertz CT molecular complexity index is 860. The lowest BCUT2D eigenvalue weighted by molar-refractivity contribution is -0.227. The third-order valence-corrected chi connectivity index (χ3v) is 4.46. The van der Waals surface area contributed by atoms with Gasteiger partial charge in [-0.1, -0.05) is 12.1 Å². The van der Waals surface area contributed by atoms with Crippen LogP contribution in [0.2, 0.25) is 0 Å². The Morgan fingerprint density at radius 1 is 1.15 bits per heavy atom. The van der Waals surface area contributed by atoms with Crippen LogP contribution in [0.1, 0.15) is 17.0 Å². The number of likely N-dealkylation sites (tertiary alicyclic amines) is 1. The molecule has 0 saturated carbocycles. The minimum atomic E-state index is -4.99. The molecule has 9 heteroatoms. The fourth-order valence-corrected chi connectivity index (χ4v) is 2.92. The third kappa shape index (κ3) is 2.83. The maximum Gasteiger partial charge on any atom is 0.406 e.